The Balaban J connectivity index is 1.80. The highest BCUT2D eigenvalue weighted by Crippen LogP contribution is 2.53. The standard InChI is InChI=1S/C25H32O4/c1-18(2)22-11-10-21(24(22,4)12-13-26)15-25(19(3)14-23(27)29-25)17-28-16-20-8-6-5-7-9-20/h5-10,13-14,18,22H,11-12,15-17H2,1-4H3/t22-,24+,25+/m1/s1. The third-order valence-corrected chi connectivity index (χ3v) is 6.75. The maximum atomic E-state index is 12.1. The summed E-state index contributed by atoms with van der Waals surface area (Å²) in [7, 11) is 0. The minimum Gasteiger partial charge on any atom is -0.449 e. The first-order chi connectivity index (χ1) is 13.8. The van der Waals surface area contributed by atoms with Crippen molar-refractivity contribution in [3.8, 4) is 0 Å². The Bertz CT molecular complexity index is 807. The molecule has 29 heavy (non-hydrogen) atoms. The highest BCUT2D eigenvalue weighted by molar-refractivity contribution is 5.86. The summed E-state index contributed by atoms with van der Waals surface area (Å²) in [6, 6.07) is 9.97. The molecule has 0 N–H and O–H groups in total. The van der Waals surface area contributed by atoms with E-state index in [4.69, 9.17) is 9.47 Å². The van der Waals surface area contributed by atoms with Gasteiger partial charge in [0.05, 0.1) is 13.2 Å². The Morgan fingerprint density at radius 3 is 2.59 bits per heavy atom. The summed E-state index contributed by atoms with van der Waals surface area (Å²) in [5.41, 5.74) is 2.16. The molecule has 3 atom stereocenters. The Labute approximate surface area is 174 Å². The van der Waals surface area contributed by atoms with Crippen molar-refractivity contribution in [2.45, 2.75) is 59.2 Å². The van der Waals surface area contributed by atoms with Crippen LogP contribution in [0.25, 0.3) is 0 Å². The number of aldehydes is 1. The Morgan fingerprint density at radius 1 is 1.28 bits per heavy atom. The molecule has 0 bridgehead atoms. The number of hydrogen-bond donors (Lipinski definition) is 0. The summed E-state index contributed by atoms with van der Waals surface area (Å²) in [5, 5.41) is 0. The quantitative estimate of drug-likeness (QED) is 0.334. The molecule has 0 spiro atoms. The van der Waals surface area contributed by atoms with E-state index in [9.17, 15) is 9.59 Å². The van der Waals surface area contributed by atoms with Gasteiger partial charge in [0.15, 0.2) is 5.60 Å². The van der Waals surface area contributed by atoms with Gasteiger partial charge in [-0.25, -0.2) is 4.79 Å². The molecule has 1 aromatic rings. The molecule has 0 aromatic heterocycles. The summed E-state index contributed by atoms with van der Waals surface area (Å²) < 4.78 is 11.9. The van der Waals surface area contributed by atoms with Crippen LogP contribution in [0.3, 0.4) is 0 Å². The number of benzene rings is 1. The molecule has 2 aliphatic rings. The number of esters is 1. The third kappa shape index (κ3) is 4.37. The normalized spacial score (nSPS) is 29.0. The average Bonchev–Trinajstić information content (AvgIpc) is 3.13. The first-order valence-corrected chi connectivity index (χ1v) is 10.5. The van der Waals surface area contributed by atoms with E-state index in [1.807, 2.05) is 37.3 Å². The van der Waals surface area contributed by atoms with Gasteiger partial charge >= 0.3 is 5.97 Å². The second-order valence-corrected chi connectivity index (χ2v) is 9.00. The average molecular weight is 397 g/mol. The Morgan fingerprint density at radius 2 is 2.00 bits per heavy atom. The fraction of sp³-hybridized carbons (Fsp3) is 0.520. The minimum absolute atomic E-state index is 0.211. The van der Waals surface area contributed by atoms with Crippen LogP contribution in [0.1, 0.15) is 52.5 Å². The summed E-state index contributed by atoms with van der Waals surface area (Å²) in [6.07, 6.45) is 6.86. The van der Waals surface area contributed by atoms with Gasteiger partial charge in [0.25, 0.3) is 0 Å². The van der Waals surface area contributed by atoms with Gasteiger partial charge in [-0.15, -0.1) is 0 Å². The van der Waals surface area contributed by atoms with Crippen molar-refractivity contribution in [3.63, 3.8) is 0 Å². The lowest BCUT2D eigenvalue weighted by atomic mass is 9.66. The maximum Gasteiger partial charge on any atom is 0.331 e. The second kappa shape index (κ2) is 8.66. The van der Waals surface area contributed by atoms with Gasteiger partial charge in [-0.1, -0.05) is 62.8 Å². The molecule has 1 heterocycles. The number of cyclic esters (lactones) is 1. The lowest BCUT2D eigenvalue weighted by molar-refractivity contribution is -0.151. The van der Waals surface area contributed by atoms with Gasteiger partial charge in [0.2, 0.25) is 0 Å². The van der Waals surface area contributed by atoms with E-state index in [1.54, 1.807) is 6.08 Å². The lowest BCUT2D eigenvalue weighted by Crippen LogP contribution is -2.40. The lowest BCUT2D eigenvalue weighted by Gasteiger charge is -2.39. The van der Waals surface area contributed by atoms with Gasteiger partial charge in [-0.3, -0.25) is 0 Å². The Hall–Kier alpha value is -2.20. The van der Waals surface area contributed by atoms with E-state index in [0.29, 0.717) is 37.9 Å². The molecule has 0 unspecified atom stereocenters. The van der Waals surface area contributed by atoms with Crippen LogP contribution in [0.4, 0.5) is 0 Å². The summed E-state index contributed by atoms with van der Waals surface area (Å²) in [4.78, 5) is 23.6. The van der Waals surface area contributed by atoms with Crippen LogP contribution in [0, 0.1) is 17.3 Å². The van der Waals surface area contributed by atoms with Crippen molar-refractivity contribution in [3.05, 3.63) is 59.2 Å². The predicted octanol–water partition coefficient (Wildman–Crippen LogP) is 5.03. The van der Waals surface area contributed by atoms with Crippen molar-refractivity contribution in [1.82, 2.24) is 0 Å². The van der Waals surface area contributed by atoms with Crippen molar-refractivity contribution >= 4 is 12.3 Å². The highest BCUT2D eigenvalue weighted by Gasteiger charge is 2.49. The number of carbonyl (C=O) groups excluding carboxylic acids is 2. The molecule has 156 valence electrons. The zero-order valence-corrected chi connectivity index (χ0v) is 17.9. The highest BCUT2D eigenvalue weighted by atomic mass is 16.6. The largest absolute Gasteiger partial charge is 0.449 e. The SMILES string of the molecule is CC1=CC(=O)O[C@]1(COCc1ccccc1)CC1=CC[C@H](C(C)C)[C@@]1(C)CC=O. The van der Waals surface area contributed by atoms with E-state index < -0.39 is 5.60 Å². The van der Waals surface area contributed by atoms with Crippen molar-refractivity contribution in [1.29, 1.82) is 0 Å². The van der Waals surface area contributed by atoms with Gasteiger partial charge in [-0.05, 0) is 41.7 Å². The van der Waals surface area contributed by atoms with E-state index in [1.165, 1.54) is 5.57 Å². The molecular weight excluding hydrogens is 364 g/mol. The van der Waals surface area contributed by atoms with Crippen molar-refractivity contribution in [2.75, 3.05) is 6.61 Å². The maximum absolute atomic E-state index is 12.1. The number of ether oxygens (including phenoxy) is 2. The fourth-order valence-electron chi connectivity index (χ4n) is 4.93. The van der Waals surface area contributed by atoms with Crippen molar-refractivity contribution in [2.24, 2.45) is 17.3 Å². The molecule has 0 fully saturated rings. The number of hydrogen-bond acceptors (Lipinski definition) is 4. The molecule has 0 amide bonds. The van der Waals surface area contributed by atoms with Crippen LogP contribution in [-0.4, -0.2) is 24.5 Å². The van der Waals surface area contributed by atoms with Crippen LogP contribution < -0.4 is 0 Å². The third-order valence-electron chi connectivity index (χ3n) is 6.75. The number of carbonyl (C=O) groups is 2. The molecule has 0 radical (unpaired) electrons. The van der Waals surface area contributed by atoms with E-state index in [0.717, 1.165) is 23.8 Å². The smallest absolute Gasteiger partial charge is 0.331 e. The number of rotatable bonds is 9. The van der Waals surface area contributed by atoms with Crippen LogP contribution in [0.15, 0.2) is 53.6 Å². The van der Waals surface area contributed by atoms with Crippen LogP contribution in [0.5, 0.6) is 0 Å². The predicted molar refractivity (Wildman–Crippen MR) is 113 cm³/mol. The molecule has 0 saturated carbocycles. The topological polar surface area (TPSA) is 52.6 Å². The summed E-state index contributed by atoms with van der Waals surface area (Å²) >= 11 is 0. The van der Waals surface area contributed by atoms with Crippen LogP contribution in [0.2, 0.25) is 0 Å². The summed E-state index contributed by atoms with van der Waals surface area (Å²) in [6.45, 7) is 9.31. The second-order valence-electron chi connectivity index (χ2n) is 9.00. The Kier molecular flexibility index (Phi) is 6.42. The fourth-order valence-corrected chi connectivity index (χ4v) is 4.93. The van der Waals surface area contributed by atoms with Crippen LogP contribution >= 0.6 is 0 Å². The molecule has 4 nitrogen and oxygen atoms in total. The summed E-state index contributed by atoms with van der Waals surface area (Å²) in [5.74, 6) is 0.565. The molecule has 1 aliphatic carbocycles. The zero-order valence-electron chi connectivity index (χ0n) is 17.9. The number of allylic oxidation sites excluding steroid dienone is 1. The molecule has 3 rings (SSSR count). The molecule has 1 aromatic carbocycles. The monoisotopic (exact) mass is 396 g/mol. The van der Waals surface area contributed by atoms with Gasteiger partial charge < -0.3 is 14.3 Å². The van der Waals surface area contributed by atoms with E-state index in [2.05, 4.69) is 26.8 Å². The minimum atomic E-state index is -0.798. The van der Waals surface area contributed by atoms with Gasteiger partial charge in [0.1, 0.15) is 6.29 Å². The molecule has 0 saturated heterocycles. The van der Waals surface area contributed by atoms with Crippen molar-refractivity contribution < 1.29 is 19.1 Å². The molecular formula is C25H32O4. The molecule has 1 aliphatic heterocycles. The zero-order chi connectivity index (χ0) is 21.1. The van der Waals surface area contributed by atoms with E-state index >= 15 is 0 Å². The first-order valence-electron chi connectivity index (χ1n) is 10.5. The van der Waals surface area contributed by atoms with E-state index in [-0.39, 0.29) is 11.4 Å². The first kappa shape index (κ1) is 21.5. The van der Waals surface area contributed by atoms with Gasteiger partial charge in [-0.2, -0.15) is 0 Å². The van der Waals surface area contributed by atoms with Gasteiger partial charge in [0, 0.05) is 18.9 Å². The molecule has 4 heteroatoms. The van der Waals surface area contributed by atoms with Crippen LogP contribution in [-0.2, 0) is 25.7 Å².